The van der Waals surface area contributed by atoms with Crippen LogP contribution in [0.1, 0.15) is 39.0 Å². The van der Waals surface area contributed by atoms with Crippen LogP contribution in [0.2, 0.25) is 5.02 Å². The minimum atomic E-state index is 0.0814. The lowest BCUT2D eigenvalue weighted by Crippen LogP contribution is -2.51. The summed E-state index contributed by atoms with van der Waals surface area (Å²) >= 11 is 6.09. The van der Waals surface area contributed by atoms with Gasteiger partial charge in [0, 0.05) is 55.3 Å². The van der Waals surface area contributed by atoms with Crippen molar-refractivity contribution in [2.24, 2.45) is 11.8 Å². The van der Waals surface area contributed by atoms with Gasteiger partial charge in [-0.05, 0) is 50.3 Å². The van der Waals surface area contributed by atoms with E-state index in [4.69, 9.17) is 11.6 Å². The van der Waals surface area contributed by atoms with E-state index >= 15 is 0 Å². The van der Waals surface area contributed by atoms with Gasteiger partial charge < -0.3 is 15.1 Å². The Morgan fingerprint density at radius 1 is 1.07 bits per heavy atom. The summed E-state index contributed by atoms with van der Waals surface area (Å²) in [6, 6.07) is 7.88. The fourth-order valence-electron chi connectivity index (χ4n) is 4.11. The van der Waals surface area contributed by atoms with E-state index in [2.05, 4.69) is 23.2 Å². The fourth-order valence-corrected chi connectivity index (χ4v) is 4.30. The van der Waals surface area contributed by atoms with Crippen molar-refractivity contribution in [1.29, 1.82) is 0 Å². The van der Waals surface area contributed by atoms with Crippen LogP contribution in [-0.2, 0) is 9.59 Å². The number of amides is 2. The van der Waals surface area contributed by atoms with Crippen LogP contribution >= 0.6 is 11.6 Å². The molecule has 148 valence electrons. The molecule has 2 amide bonds. The smallest absolute Gasteiger partial charge is 0.225 e. The second-order valence-electron chi connectivity index (χ2n) is 7.63. The molecule has 0 atom stereocenters. The van der Waals surface area contributed by atoms with E-state index < -0.39 is 0 Å². The number of piperazine rings is 1. The monoisotopic (exact) mass is 391 g/mol. The van der Waals surface area contributed by atoms with E-state index in [1.165, 1.54) is 0 Å². The van der Waals surface area contributed by atoms with Crippen LogP contribution in [0, 0.1) is 11.8 Å². The van der Waals surface area contributed by atoms with Gasteiger partial charge in [-0.2, -0.15) is 0 Å². The summed E-state index contributed by atoms with van der Waals surface area (Å²) in [7, 11) is 0. The third-order valence-electron chi connectivity index (χ3n) is 5.76. The van der Waals surface area contributed by atoms with Gasteiger partial charge in [-0.3, -0.25) is 9.59 Å². The van der Waals surface area contributed by atoms with Crippen LogP contribution in [0.15, 0.2) is 24.3 Å². The topological polar surface area (TPSA) is 52.7 Å². The Bertz CT molecular complexity index is 651. The van der Waals surface area contributed by atoms with E-state index in [0.29, 0.717) is 0 Å². The number of rotatable bonds is 5. The predicted octanol–water partition coefficient (Wildman–Crippen LogP) is 3.32. The van der Waals surface area contributed by atoms with Gasteiger partial charge in [-0.15, -0.1) is 0 Å². The Labute approximate surface area is 167 Å². The maximum Gasteiger partial charge on any atom is 0.225 e. The molecule has 6 heteroatoms. The zero-order valence-electron chi connectivity index (χ0n) is 16.1. The molecule has 0 spiro atoms. The highest BCUT2D eigenvalue weighted by atomic mass is 35.5. The molecule has 1 aromatic carbocycles. The summed E-state index contributed by atoms with van der Waals surface area (Å²) in [6.45, 7) is 5.98. The second kappa shape index (κ2) is 9.45. The Morgan fingerprint density at radius 2 is 1.74 bits per heavy atom. The number of halogens is 1. The van der Waals surface area contributed by atoms with Crippen LogP contribution in [0.4, 0.5) is 5.69 Å². The van der Waals surface area contributed by atoms with Crippen LogP contribution < -0.4 is 10.2 Å². The molecule has 2 aliphatic rings. The number of hydrogen-bond acceptors (Lipinski definition) is 3. The lowest BCUT2D eigenvalue weighted by Gasteiger charge is -2.38. The lowest BCUT2D eigenvalue weighted by molar-refractivity contribution is -0.138. The van der Waals surface area contributed by atoms with E-state index in [0.717, 1.165) is 75.5 Å². The van der Waals surface area contributed by atoms with Crippen LogP contribution in [-0.4, -0.2) is 49.4 Å². The summed E-state index contributed by atoms with van der Waals surface area (Å²) < 4.78 is 0. The van der Waals surface area contributed by atoms with Gasteiger partial charge in [0.1, 0.15) is 0 Å². The van der Waals surface area contributed by atoms with Crippen molar-refractivity contribution in [3.05, 3.63) is 29.3 Å². The van der Waals surface area contributed by atoms with Crippen molar-refractivity contribution in [3.63, 3.8) is 0 Å². The normalized spacial score (nSPS) is 23.2. The molecule has 0 bridgehead atoms. The minimum absolute atomic E-state index is 0.0814. The van der Waals surface area contributed by atoms with Gasteiger partial charge in [-0.25, -0.2) is 0 Å². The fraction of sp³-hybridized carbons (Fsp3) is 0.619. The molecular formula is C21H30ClN3O2. The highest BCUT2D eigenvalue weighted by molar-refractivity contribution is 6.30. The molecule has 1 aliphatic heterocycles. The summed E-state index contributed by atoms with van der Waals surface area (Å²) in [5.41, 5.74) is 1.12. The van der Waals surface area contributed by atoms with E-state index in [9.17, 15) is 9.59 Å². The highest BCUT2D eigenvalue weighted by Gasteiger charge is 2.33. The minimum Gasteiger partial charge on any atom is -0.368 e. The maximum absolute atomic E-state index is 12.9. The van der Waals surface area contributed by atoms with Gasteiger partial charge in [0.15, 0.2) is 0 Å². The number of anilines is 1. The quantitative estimate of drug-likeness (QED) is 0.837. The molecule has 0 radical (unpaired) electrons. The molecular weight excluding hydrogens is 362 g/mol. The van der Waals surface area contributed by atoms with Crippen molar-refractivity contribution in [1.82, 2.24) is 10.2 Å². The SMILES string of the molecule is CCCNC(=O)C1CCC(C(=O)N2CCN(c3cccc(Cl)c3)CC2)CC1. The Hall–Kier alpha value is -1.75. The summed E-state index contributed by atoms with van der Waals surface area (Å²) in [5.74, 6) is 0.601. The number of nitrogens with one attached hydrogen (secondary N) is 1. The van der Waals surface area contributed by atoms with Crippen LogP contribution in [0.3, 0.4) is 0 Å². The Morgan fingerprint density at radius 3 is 2.37 bits per heavy atom. The Balaban J connectivity index is 1.45. The van der Waals surface area contributed by atoms with Crippen molar-refractivity contribution in [2.45, 2.75) is 39.0 Å². The van der Waals surface area contributed by atoms with E-state index in [1.54, 1.807) is 0 Å². The zero-order valence-corrected chi connectivity index (χ0v) is 16.9. The Kier molecular flexibility index (Phi) is 7.00. The van der Waals surface area contributed by atoms with Crippen molar-refractivity contribution < 1.29 is 9.59 Å². The molecule has 5 nitrogen and oxygen atoms in total. The summed E-state index contributed by atoms with van der Waals surface area (Å²) in [4.78, 5) is 29.3. The standard InChI is InChI=1S/C21H30ClN3O2/c1-2-10-23-20(26)16-6-8-17(9-7-16)21(27)25-13-11-24(12-14-25)19-5-3-4-18(22)15-19/h3-5,15-17H,2,6-14H2,1H3,(H,23,26). The van der Waals surface area contributed by atoms with Crippen LogP contribution in [0.25, 0.3) is 0 Å². The molecule has 1 N–H and O–H groups in total. The van der Waals surface area contributed by atoms with Crippen molar-refractivity contribution in [3.8, 4) is 0 Å². The van der Waals surface area contributed by atoms with Crippen LogP contribution in [0.5, 0.6) is 0 Å². The molecule has 1 aromatic rings. The number of carbonyl (C=O) groups excluding carboxylic acids is 2. The summed E-state index contributed by atoms with van der Waals surface area (Å²) in [5, 5.41) is 3.73. The maximum atomic E-state index is 12.9. The van der Waals surface area contributed by atoms with Gasteiger partial charge in [0.05, 0.1) is 0 Å². The molecule has 0 unspecified atom stereocenters. The second-order valence-corrected chi connectivity index (χ2v) is 8.07. The summed E-state index contributed by atoms with van der Waals surface area (Å²) in [6.07, 6.45) is 4.28. The molecule has 27 heavy (non-hydrogen) atoms. The number of nitrogens with zero attached hydrogens (tertiary/aromatic N) is 2. The first-order chi connectivity index (χ1) is 13.1. The highest BCUT2D eigenvalue weighted by Crippen LogP contribution is 2.31. The molecule has 1 heterocycles. The number of carbonyl (C=O) groups is 2. The third-order valence-corrected chi connectivity index (χ3v) is 6.00. The molecule has 3 rings (SSSR count). The largest absolute Gasteiger partial charge is 0.368 e. The van der Waals surface area contributed by atoms with Gasteiger partial charge in [0.25, 0.3) is 0 Å². The number of benzene rings is 1. The van der Waals surface area contributed by atoms with E-state index in [1.807, 2.05) is 23.1 Å². The lowest BCUT2D eigenvalue weighted by atomic mass is 9.81. The molecule has 1 aliphatic carbocycles. The van der Waals surface area contributed by atoms with Crippen molar-refractivity contribution >= 4 is 29.1 Å². The van der Waals surface area contributed by atoms with Gasteiger partial charge in [0.2, 0.25) is 11.8 Å². The van der Waals surface area contributed by atoms with Gasteiger partial charge in [-0.1, -0.05) is 24.6 Å². The average Bonchev–Trinajstić information content (AvgIpc) is 2.71. The number of hydrogen-bond donors (Lipinski definition) is 1. The van der Waals surface area contributed by atoms with Gasteiger partial charge >= 0.3 is 0 Å². The molecule has 2 fully saturated rings. The molecule has 1 saturated heterocycles. The first kappa shape index (κ1) is 20.0. The predicted molar refractivity (Wildman–Crippen MR) is 109 cm³/mol. The first-order valence-corrected chi connectivity index (χ1v) is 10.5. The molecule has 0 aromatic heterocycles. The average molecular weight is 392 g/mol. The first-order valence-electron chi connectivity index (χ1n) is 10.2. The van der Waals surface area contributed by atoms with E-state index in [-0.39, 0.29) is 23.7 Å². The zero-order chi connectivity index (χ0) is 19.2. The molecule has 1 saturated carbocycles. The third kappa shape index (κ3) is 5.16. The van der Waals surface area contributed by atoms with Crippen molar-refractivity contribution in [2.75, 3.05) is 37.6 Å².